The lowest BCUT2D eigenvalue weighted by Crippen LogP contribution is -2.36. The van der Waals surface area contributed by atoms with Crippen LogP contribution in [0.4, 0.5) is 11.4 Å². The third-order valence-electron chi connectivity index (χ3n) is 9.88. The molecule has 0 radical (unpaired) electrons. The Hall–Kier alpha value is -4.06. The highest BCUT2D eigenvalue weighted by Crippen LogP contribution is 2.50. The van der Waals surface area contributed by atoms with Crippen molar-refractivity contribution >= 4 is 49.7 Å². The topological polar surface area (TPSA) is 43.5 Å². The fourth-order valence-electron chi connectivity index (χ4n) is 7.70. The number of unbranched alkanes of at least 4 members (excludes halogenated alkanes) is 1. The van der Waals surface area contributed by atoms with Gasteiger partial charge in [-0.15, -0.1) is 0 Å². The zero-order valence-corrected chi connectivity index (χ0v) is 29.2. The molecule has 0 saturated heterocycles. The Kier molecular flexibility index (Phi) is 9.50. The van der Waals surface area contributed by atoms with Crippen LogP contribution in [0.15, 0.2) is 121 Å². The molecule has 0 aromatic heterocycles. The van der Waals surface area contributed by atoms with E-state index in [4.69, 9.17) is 0 Å². The second-order valence-electron chi connectivity index (χ2n) is 13.8. The standard InChI is InChI=1S/C42H46N2O2S/c1-6-43-36-26-24-31-18-12-14-20-33(31)35(36)30-41(2,3)38(43)22-10-8-7-9-11-23-39-42(4,5)40-34-21-15-13-19-32(34)25-27-37(40)44(39)28-16-17-29-47(45)46/h7-15,18-27H,6,16-17,28-30H2,1-5H3/p+1. The molecule has 47 heavy (non-hydrogen) atoms. The lowest BCUT2D eigenvalue weighted by molar-refractivity contribution is -0.442. The van der Waals surface area contributed by atoms with Crippen molar-refractivity contribution in [3.8, 4) is 0 Å². The van der Waals surface area contributed by atoms with Crippen molar-refractivity contribution in [3.05, 3.63) is 132 Å². The van der Waals surface area contributed by atoms with Crippen LogP contribution >= 0.6 is 0 Å². The predicted molar refractivity (Wildman–Crippen MR) is 202 cm³/mol. The average Bonchev–Trinajstić information content (AvgIpc) is 3.27. The van der Waals surface area contributed by atoms with Crippen LogP contribution in [0.25, 0.3) is 21.5 Å². The van der Waals surface area contributed by atoms with Gasteiger partial charge in [0, 0.05) is 46.8 Å². The van der Waals surface area contributed by atoms with E-state index in [2.05, 4.69) is 159 Å². The van der Waals surface area contributed by atoms with Gasteiger partial charge < -0.3 is 9.45 Å². The smallest absolute Gasteiger partial charge is 0.209 e. The van der Waals surface area contributed by atoms with Crippen LogP contribution < -0.4 is 4.90 Å². The van der Waals surface area contributed by atoms with Crippen LogP contribution in [0, 0.1) is 5.41 Å². The molecule has 0 fully saturated rings. The molecule has 0 spiro atoms. The van der Waals surface area contributed by atoms with E-state index in [0.717, 1.165) is 25.9 Å². The normalized spacial score (nSPS) is 18.8. The van der Waals surface area contributed by atoms with Gasteiger partial charge >= 0.3 is 0 Å². The highest BCUT2D eigenvalue weighted by atomic mass is 32.2. The van der Waals surface area contributed by atoms with Crippen molar-refractivity contribution in [2.45, 2.75) is 59.3 Å². The van der Waals surface area contributed by atoms with Crippen molar-refractivity contribution in [3.63, 3.8) is 0 Å². The first-order chi connectivity index (χ1) is 22.6. The van der Waals surface area contributed by atoms with E-state index < -0.39 is 11.1 Å². The van der Waals surface area contributed by atoms with E-state index in [1.54, 1.807) is 0 Å². The molecular weight excluding hydrogens is 597 g/mol. The third kappa shape index (κ3) is 6.44. The molecule has 5 heteroatoms. The maximum atomic E-state index is 11.3. The molecule has 0 amide bonds. The van der Waals surface area contributed by atoms with Gasteiger partial charge in [0.15, 0.2) is 16.8 Å². The van der Waals surface area contributed by atoms with Gasteiger partial charge in [-0.1, -0.05) is 98.8 Å². The van der Waals surface area contributed by atoms with Gasteiger partial charge in [-0.25, -0.2) is 4.21 Å². The second kappa shape index (κ2) is 13.6. The largest absolute Gasteiger partial charge is 0.344 e. The molecule has 242 valence electrons. The van der Waals surface area contributed by atoms with Crippen molar-refractivity contribution in [2.24, 2.45) is 5.41 Å². The summed E-state index contributed by atoms with van der Waals surface area (Å²) in [7, 11) is 0. The summed E-state index contributed by atoms with van der Waals surface area (Å²) < 4.78 is 23.0. The maximum Gasteiger partial charge on any atom is 0.209 e. The molecule has 0 bridgehead atoms. The fourth-order valence-corrected chi connectivity index (χ4v) is 8.16. The van der Waals surface area contributed by atoms with E-state index in [1.165, 1.54) is 55.5 Å². The summed E-state index contributed by atoms with van der Waals surface area (Å²) in [5.74, 6) is 0.314. The number of hydrogen-bond acceptors (Lipinski definition) is 2. The number of fused-ring (bicyclic) bond motifs is 6. The summed E-state index contributed by atoms with van der Waals surface area (Å²) in [6, 6.07) is 26.3. The SMILES string of the molecule is CC[N+]1=C(/C=C/C=C/C=C/C=C2/N(CCCCS(=O)O)c3ccc4ccccc4c3C2(C)C)C(C)(C)Cc2c1ccc1ccccc21. The molecule has 0 saturated carbocycles. The van der Waals surface area contributed by atoms with Gasteiger partial charge in [0.1, 0.15) is 6.54 Å². The van der Waals surface area contributed by atoms with Crippen LogP contribution in [-0.4, -0.2) is 37.9 Å². The molecule has 6 rings (SSSR count). The molecule has 1 N–H and O–H groups in total. The third-order valence-corrected chi connectivity index (χ3v) is 10.5. The molecule has 2 heterocycles. The zero-order chi connectivity index (χ0) is 33.2. The van der Waals surface area contributed by atoms with Crippen molar-refractivity contribution < 1.29 is 13.3 Å². The van der Waals surface area contributed by atoms with E-state index in [1.807, 2.05) is 0 Å². The van der Waals surface area contributed by atoms with Gasteiger partial charge in [-0.05, 0) is 85.4 Å². The highest BCUT2D eigenvalue weighted by Gasteiger charge is 2.41. The van der Waals surface area contributed by atoms with Gasteiger partial charge in [0.2, 0.25) is 5.69 Å². The fraction of sp³-hybridized carbons (Fsp3) is 0.310. The van der Waals surface area contributed by atoms with Crippen molar-refractivity contribution in [1.29, 1.82) is 0 Å². The lowest BCUT2D eigenvalue weighted by Gasteiger charge is -2.29. The zero-order valence-electron chi connectivity index (χ0n) is 28.4. The van der Waals surface area contributed by atoms with Crippen molar-refractivity contribution in [2.75, 3.05) is 23.7 Å². The number of anilines is 1. The molecule has 0 aliphatic carbocycles. The number of hydrogen-bond donors (Lipinski definition) is 1. The predicted octanol–water partition coefficient (Wildman–Crippen LogP) is 10.0. The van der Waals surface area contributed by atoms with Gasteiger partial charge in [0.05, 0.1) is 5.41 Å². The Balaban J connectivity index is 1.25. The Bertz CT molecular complexity index is 1990. The summed E-state index contributed by atoms with van der Waals surface area (Å²) in [4.78, 5) is 2.41. The molecule has 4 aromatic rings. The molecule has 4 aromatic carbocycles. The maximum absolute atomic E-state index is 11.3. The summed E-state index contributed by atoms with van der Waals surface area (Å²) in [5, 5.41) is 5.20. The first kappa shape index (κ1) is 32.9. The van der Waals surface area contributed by atoms with E-state index >= 15 is 0 Å². The molecule has 2 aliphatic heterocycles. The molecule has 1 unspecified atom stereocenters. The molecule has 2 aliphatic rings. The second-order valence-corrected chi connectivity index (χ2v) is 14.9. The highest BCUT2D eigenvalue weighted by molar-refractivity contribution is 7.79. The molecule has 1 atom stereocenters. The number of benzene rings is 4. The molecular formula is C42H47N2O2S+. The summed E-state index contributed by atoms with van der Waals surface area (Å²) in [6.45, 7) is 13.3. The van der Waals surface area contributed by atoms with Crippen LogP contribution in [0.3, 0.4) is 0 Å². The Morgan fingerprint density at radius 2 is 1.49 bits per heavy atom. The first-order valence-electron chi connectivity index (χ1n) is 16.9. The first-order valence-corrected chi connectivity index (χ1v) is 18.2. The van der Waals surface area contributed by atoms with Gasteiger partial charge in [-0.3, -0.25) is 0 Å². The minimum atomic E-state index is -1.75. The van der Waals surface area contributed by atoms with Crippen LogP contribution in [0.5, 0.6) is 0 Å². The Morgan fingerprint density at radius 1 is 0.830 bits per heavy atom. The van der Waals surface area contributed by atoms with E-state index in [-0.39, 0.29) is 10.8 Å². The lowest BCUT2D eigenvalue weighted by atomic mass is 9.76. The van der Waals surface area contributed by atoms with Crippen LogP contribution in [-0.2, 0) is 22.9 Å². The number of nitrogens with zero attached hydrogens (tertiary/aromatic N) is 2. The van der Waals surface area contributed by atoms with E-state index in [0.29, 0.717) is 12.2 Å². The molecule has 4 nitrogen and oxygen atoms in total. The van der Waals surface area contributed by atoms with Crippen LogP contribution in [0.1, 0.15) is 58.6 Å². The minimum Gasteiger partial charge on any atom is -0.344 e. The van der Waals surface area contributed by atoms with Crippen molar-refractivity contribution in [1.82, 2.24) is 0 Å². The van der Waals surface area contributed by atoms with Crippen LogP contribution in [0.2, 0.25) is 0 Å². The Morgan fingerprint density at radius 3 is 2.23 bits per heavy atom. The summed E-state index contributed by atoms with van der Waals surface area (Å²) in [5.41, 5.74) is 7.78. The minimum absolute atomic E-state index is 0.0145. The summed E-state index contributed by atoms with van der Waals surface area (Å²) in [6.07, 6.45) is 17.8. The van der Waals surface area contributed by atoms with Gasteiger partial charge in [0.25, 0.3) is 0 Å². The number of allylic oxidation sites excluding steroid dienone is 8. The van der Waals surface area contributed by atoms with Gasteiger partial charge in [-0.2, -0.15) is 4.58 Å². The monoisotopic (exact) mass is 643 g/mol. The summed E-state index contributed by atoms with van der Waals surface area (Å²) >= 11 is -1.75. The number of rotatable bonds is 10. The average molecular weight is 644 g/mol. The van der Waals surface area contributed by atoms with E-state index in [9.17, 15) is 8.76 Å². The Labute approximate surface area is 282 Å². The quantitative estimate of drug-likeness (QED) is 0.0810.